The highest BCUT2D eigenvalue weighted by atomic mass is 32.2. The number of hydrogen-bond acceptors (Lipinski definition) is 6. The fourth-order valence-electron chi connectivity index (χ4n) is 2.77. The van der Waals surface area contributed by atoms with Crippen molar-refractivity contribution in [2.45, 2.75) is 49.3 Å². The lowest BCUT2D eigenvalue weighted by atomic mass is 9.86. The predicted octanol–water partition coefficient (Wildman–Crippen LogP) is 1.65. The van der Waals surface area contributed by atoms with E-state index >= 15 is 0 Å². The van der Waals surface area contributed by atoms with Crippen LogP contribution in [0.4, 0.5) is 0 Å². The molecule has 0 bridgehead atoms. The molecule has 2 rings (SSSR count). The highest BCUT2D eigenvalue weighted by molar-refractivity contribution is 7.91. The van der Waals surface area contributed by atoms with Crippen molar-refractivity contribution in [1.29, 1.82) is 0 Å². The fourth-order valence-corrected chi connectivity index (χ4v) is 4.84. The molecule has 9 heteroatoms. The van der Waals surface area contributed by atoms with Crippen LogP contribution in [-0.2, 0) is 24.3 Å². The van der Waals surface area contributed by atoms with Gasteiger partial charge in [0.2, 0.25) is 10.0 Å². The number of ether oxygens (including phenoxy) is 1. The molecular formula is C16H24N2O5S2. The normalized spacial score (nSPS) is 20.8. The van der Waals surface area contributed by atoms with E-state index in [2.05, 4.69) is 17.0 Å². The first-order valence-corrected chi connectivity index (χ1v) is 10.7. The molecule has 7 nitrogen and oxygen atoms in total. The minimum absolute atomic E-state index is 0.0691. The molecule has 1 amide bonds. The van der Waals surface area contributed by atoms with Crippen LogP contribution in [-0.4, -0.2) is 39.5 Å². The van der Waals surface area contributed by atoms with E-state index in [1.54, 1.807) is 11.4 Å². The summed E-state index contributed by atoms with van der Waals surface area (Å²) in [6.45, 7) is 1.70. The number of carbonyl (C=O) groups is 2. The van der Waals surface area contributed by atoms with Crippen LogP contribution >= 0.6 is 11.3 Å². The highest BCUT2D eigenvalue weighted by Gasteiger charge is 2.23. The maximum Gasteiger partial charge on any atom is 0.307 e. The Labute approximate surface area is 152 Å². The van der Waals surface area contributed by atoms with Crippen molar-refractivity contribution < 1.29 is 22.7 Å². The van der Waals surface area contributed by atoms with Gasteiger partial charge in [-0.05, 0) is 30.2 Å². The van der Waals surface area contributed by atoms with E-state index in [0.717, 1.165) is 30.6 Å². The summed E-state index contributed by atoms with van der Waals surface area (Å²) in [5, 5.41) is 4.56. The molecule has 1 aliphatic rings. The van der Waals surface area contributed by atoms with Crippen LogP contribution in [0.3, 0.4) is 0 Å². The molecule has 0 radical (unpaired) electrons. The first-order chi connectivity index (χ1) is 11.9. The molecule has 1 aromatic rings. The third-order valence-corrected chi connectivity index (χ3v) is 7.06. The molecule has 1 aliphatic carbocycles. The zero-order valence-electron chi connectivity index (χ0n) is 14.2. The van der Waals surface area contributed by atoms with Gasteiger partial charge in [-0.1, -0.05) is 25.8 Å². The molecule has 2 atom stereocenters. The van der Waals surface area contributed by atoms with Crippen LogP contribution in [0.25, 0.3) is 0 Å². The Kier molecular flexibility index (Phi) is 7.39. The standard InChI is InChI=1S/C16H24N2O5S2/c1-12-5-2-3-6-13(12)18-14(19)11-23-15(20)8-9-17-25(21,22)16-7-4-10-24-16/h4,7,10,12-13,17H,2-3,5-6,8-9,11H2,1H3,(H,18,19)/t12-,13+/m0/s1. The number of nitrogens with one attached hydrogen (secondary N) is 2. The smallest absolute Gasteiger partial charge is 0.307 e. The van der Waals surface area contributed by atoms with Crippen LogP contribution in [0.2, 0.25) is 0 Å². The first kappa shape index (κ1) is 19.9. The summed E-state index contributed by atoms with van der Waals surface area (Å²) in [6.07, 6.45) is 4.20. The Morgan fingerprint density at radius 2 is 2.08 bits per heavy atom. The SMILES string of the molecule is C[C@H]1CCCC[C@H]1NC(=O)COC(=O)CCNS(=O)(=O)c1cccs1. The van der Waals surface area contributed by atoms with Crippen molar-refractivity contribution in [3.05, 3.63) is 17.5 Å². The Hall–Kier alpha value is -1.45. The van der Waals surface area contributed by atoms with E-state index in [0.29, 0.717) is 5.92 Å². The molecule has 1 heterocycles. The second-order valence-electron chi connectivity index (χ2n) is 6.18. The summed E-state index contributed by atoms with van der Waals surface area (Å²) in [6, 6.07) is 3.26. The van der Waals surface area contributed by atoms with Crippen LogP contribution in [0.5, 0.6) is 0 Å². The van der Waals surface area contributed by atoms with E-state index < -0.39 is 16.0 Å². The lowest BCUT2D eigenvalue weighted by Gasteiger charge is -2.29. The highest BCUT2D eigenvalue weighted by Crippen LogP contribution is 2.23. The molecule has 0 aliphatic heterocycles. The van der Waals surface area contributed by atoms with E-state index in [1.165, 1.54) is 12.5 Å². The van der Waals surface area contributed by atoms with E-state index in [9.17, 15) is 18.0 Å². The van der Waals surface area contributed by atoms with Gasteiger partial charge in [-0.2, -0.15) is 0 Å². The number of esters is 1. The number of thiophene rings is 1. The van der Waals surface area contributed by atoms with Gasteiger partial charge < -0.3 is 10.1 Å². The monoisotopic (exact) mass is 388 g/mol. The van der Waals surface area contributed by atoms with Gasteiger partial charge in [-0.25, -0.2) is 13.1 Å². The van der Waals surface area contributed by atoms with Gasteiger partial charge in [0, 0.05) is 12.6 Å². The Bertz CT molecular complexity index is 673. The minimum atomic E-state index is -3.59. The number of carbonyl (C=O) groups excluding carboxylic acids is 2. The molecule has 0 aromatic carbocycles. The fraction of sp³-hybridized carbons (Fsp3) is 0.625. The summed E-state index contributed by atoms with van der Waals surface area (Å²) >= 11 is 1.10. The Morgan fingerprint density at radius 3 is 2.76 bits per heavy atom. The lowest BCUT2D eigenvalue weighted by molar-refractivity contribution is -0.148. The van der Waals surface area contributed by atoms with Gasteiger partial charge in [-0.15, -0.1) is 11.3 Å². The molecule has 2 N–H and O–H groups in total. The summed E-state index contributed by atoms with van der Waals surface area (Å²) in [5.74, 6) is -0.493. The van der Waals surface area contributed by atoms with Crippen molar-refractivity contribution in [2.24, 2.45) is 5.92 Å². The summed E-state index contributed by atoms with van der Waals surface area (Å²) in [4.78, 5) is 23.5. The maximum absolute atomic E-state index is 11.9. The predicted molar refractivity (Wildman–Crippen MR) is 94.6 cm³/mol. The molecule has 0 saturated heterocycles. The second kappa shape index (κ2) is 9.30. The Morgan fingerprint density at radius 1 is 1.32 bits per heavy atom. The quantitative estimate of drug-likeness (QED) is 0.660. The summed E-state index contributed by atoms with van der Waals surface area (Å²) in [5.41, 5.74) is 0. The van der Waals surface area contributed by atoms with Gasteiger partial charge in [0.15, 0.2) is 6.61 Å². The van der Waals surface area contributed by atoms with E-state index in [-0.39, 0.29) is 35.7 Å². The van der Waals surface area contributed by atoms with Gasteiger partial charge in [0.1, 0.15) is 4.21 Å². The average molecular weight is 389 g/mol. The van der Waals surface area contributed by atoms with Crippen LogP contribution in [0, 0.1) is 5.92 Å². The maximum atomic E-state index is 11.9. The molecule has 0 unspecified atom stereocenters. The molecular weight excluding hydrogens is 364 g/mol. The zero-order chi connectivity index (χ0) is 18.3. The second-order valence-corrected chi connectivity index (χ2v) is 9.12. The van der Waals surface area contributed by atoms with Crippen molar-refractivity contribution in [1.82, 2.24) is 10.0 Å². The molecule has 25 heavy (non-hydrogen) atoms. The summed E-state index contributed by atoms with van der Waals surface area (Å²) in [7, 11) is -3.59. The summed E-state index contributed by atoms with van der Waals surface area (Å²) < 4.78 is 31.2. The van der Waals surface area contributed by atoms with Crippen molar-refractivity contribution >= 4 is 33.2 Å². The van der Waals surface area contributed by atoms with Crippen LogP contribution < -0.4 is 10.0 Å². The van der Waals surface area contributed by atoms with Crippen molar-refractivity contribution in [3.63, 3.8) is 0 Å². The van der Waals surface area contributed by atoms with Crippen LogP contribution in [0.15, 0.2) is 21.7 Å². The first-order valence-electron chi connectivity index (χ1n) is 8.36. The molecule has 1 saturated carbocycles. The minimum Gasteiger partial charge on any atom is -0.456 e. The largest absolute Gasteiger partial charge is 0.456 e. The third kappa shape index (κ3) is 6.41. The molecule has 1 fully saturated rings. The lowest BCUT2D eigenvalue weighted by Crippen LogP contribution is -2.43. The van der Waals surface area contributed by atoms with Crippen molar-refractivity contribution in [3.8, 4) is 0 Å². The van der Waals surface area contributed by atoms with Crippen molar-refractivity contribution in [2.75, 3.05) is 13.2 Å². The van der Waals surface area contributed by atoms with E-state index in [4.69, 9.17) is 4.74 Å². The number of sulfonamides is 1. The number of amides is 1. The number of rotatable bonds is 8. The van der Waals surface area contributed by atoms with Gasteiger partial charge in [0.25, 0.3) is 5.91 Å². The molecule has 0 spiro atoms. The zero-order valence-corrected chi connectivity index (χ0v) is 15.8. The topological polar surface area (TPSA) is 102 Å². The molecule has 1 aromatic heterocycles. The number of hydrogen-bond donors (Lipinski definition) is 2. The van der Waals surface area contributed by atoms with E-state index in [1.807, 2.05) is 0 Å². The van der Waals surface area contributed by atoms with Gasteiger partial charge in [-0.3, -0.25) is 9.59 Å². The Balaban J connectivity index is 1.64. The van der Waals surface area contributed by atoms with Gasteiger partial charge >= 0.3 is 5.97 Å². The van der Waals surface area contributed by atoms with Gasteiger partial charge in [0.05, 0.1) is 6.42 Å². The average Bonchev–Trinajstić information content (AvgIpc) is 3.10. The third-order valence-electron chi connectivity index (χ3n) is 4.20. The van der Waals surface area contributed by atoms with Crippen LogP contribution in [0.1, 0.15) is 39.0 Å². The molecule has 140 valence electrons.